The number of hydrogen-bond acceptors (Lipinski definition) is 5. The second kappa shape index (κ2) is 6.64. The van der Waals surface area contributed by atoms with Crippen LogP contribution in [0.25, 0.3) is 0 Å². The van der Waals surface area contributed by atoms with E-state index in [0.29, 0.717) is 25.2 Å². The lowest BCUT2D eigenvalue weighted by atomic mass is 10.1. The van der Waals surface area contributed by atoms with Crippen molar-refractivity contribution in [2.24, 2.45) is 0 Å². The van der Waals surface area contributed by atoms with Crippen LogP contribution in [0.2, 0.25) is 0 Å². The van der Waals surface area contributed by atoms with Crippen LogP contribution in [0.5, 0.6) is 0 Å². The minimum Gasteiger partial charge on any atom is -0.394 e. The van der Waals surface area contributed by atoms with Crippen molar-refractivity contribution in [1.29, 1.82) is 5.26 Å². The Labute approximate surface area is 111 Å². The van der Waals surface area contributed by atoms with Gasteiger partial charge in [-0.3, -0.25) is 0 Å². The number of nitrogens with zero attached hydrogens (tertiary/aromatic N) is 4. The van der Waals surface area contributed by atoms with E-state index in [2.05, 4.69) is 21.7 Å². The minimum atomic E-state index is 0.0570. The van der Waals surface area contributed by atoms with E-state index in [1.165, 1.54) is 0 Å². The third-order valence-electron chi connectivity index (χ3n) is 2.63. The molecule has 2 rings (SSSR count). The molecule has 19 heavy (non-hydrogen) atoms. The van der Waals surface area contributed by atoms with Gasteiger partial charge in [-0.1, -0.05) is 17.3 Å². The van der Waals surface area contributed by atoms with E-state index < -0.39 is 0 Å². The Morgan fingerprint density at radius 1 is 1.26 bits per heavy atom. The topological polar surface area (TPSA) is 86.8 Å². The summed E-state index contributed by atoms with van der Waals surface area (Å²) in [4.78, 5) is 0. The molecule has 0 aliphatic rings. The summed E-state index contributed by atoms with van der Waals surface area (Å²) < 4.78 is 1.61. The smallest absolute Gasteiger partial charge is 0.0991 e. The largest absolute Gasteiger partial charge is 0.394 e. The van der Waals surface area contributed by atoms with Crippen molar-refractivity contribution in [3.8, 4) is 6.07 Å². The van der Waals surface area contributed by atoms with Gasteiger partial charge >= 0.3 is 0 Å². The summed E-state index contributed by atoms with van der Waals surface area (Å²) in [7, 11) is 0. The first kappa shape index (κ1) is 13.2. The summed E-state index contributed by atoms with van der Waals surface area (Å²) >= 11 is 0. The normalized spacial score (nSPS) is 10.3. The third-order valence-corrected chi connectivity index (χ3v) is 2.63. The molecule has 0 aliphatic heterocycles. The zero-order valence-electron chi connectivity index (χ0n) is 10.5. The van der Waals surface area contributed by atoms with Gasteiger partial charge in [0.15, 0.2) is 0 Å². The molecule has 6 nitrogen and oxygen atoms in total. The van der Waals surface area contributed by atoms with Gasteiger partial charge in [-0.15, -0.1) is 5.10 Å². The Kier molecular flexibility index (Phi) is 4.61. The number of rotatable bonds is 6. The molecule has 1 heterocycles. The predicted octanol–water partition coefficient (Wildman–Crippen LogP) is 0.432. The van der Waals surface area contributed by atoms with Gasteiger partial charge in [-0.2, -0.15) is 5.26 Å². The Hall–Kier alpha value is -2.23. The summed E-state index contributed by atoms with van der Waals surface area (Å²) in [6, 6.07) is 9.54. The van der Waals surface area contributed by atoms with E-state index >= 15 is 0 Å². The summed E-state index contributed by atoms with van der Waals surface area (Å²) in [6.07, 6.45) is 1.81. The standard InChI is InChI=1S/C13H15N5O/c14-7-11-1-3-12(4-2-11)8-15-9-13-10-18(5-6-19)17-16-13/h1-4,10,15,19H,5-6,8-9H2. The molecule has 0 atom stereocenters. The van der Waals surface area contributed by atoms with Gasteiger partial charge in [0, 0.05) is 19.3 Å². The monoisotopic (exact) mass is 257 g/mol. The van der Waals surface area contributed by atoms with Crippen LogP contribution in [0.4, 0.5) is 0 Å². The number of hydrogen-bond donors (Lipinski definition) is 2. The van der Waals surface area contributed by atoms with Crippen LogP contribution in [0.3, 0.4) is 0 Å². The molecule has 98 valence electrons. The van der Waals surface area contributed by atoms with Gasteiger partial charge in [0.25, 0.3) is 0 Å². The first-order chi connectivity index (χ1) is 9.31. The second-order valence-corrected chi connectivity index (χ2v) is 4.11. The first-order valence-corrected chi connectivity index (χ1v) is 6.01. The van der Waals surface area contributed by atoms with E-state index in [1.807, 2.05) is 18.3 Å². The molecule has 0 unspecified atom stereocenters. The number of aliphatic hydroxyl groups is 1. The van der Waals surface area contributed by atoms with Crippen LogP contribution in [0.15, 0.2) is 30.5 Å². The van der Waals surface area contributed by atoms with Crippen molar-refractivity contribution >= 4 is 0 Å². The van der Waals surface area contributed by atoms with E-state index in [0.717, 1.165) is 11.3 Å². The summed E-state index contributed by atoms with van der Waals surface area (Å²) in [5, 5.41) is 28.6. The van der Waals surface area contributed by atoms with Crippen molar-refractivity contribution < 1.29 is 5.11 Å². The van der Waals surface area contributed by atoms with Crippen molar-refractivity contribution in [3.63, 3.8) is 0 Å². The second-order valence-electron chi connectivity index (χ2n) is 4.11. The van der Waals surface area contributed by atoms with Crippen LogP contribution in [0.1, 0.15) is 16.8 Å². The zero-order valence-corrected chi connectivity index (χ0v) is 10.5. The fourth-order valence-corrected chi connectivity index (χ4v) is 1.66. The summed E-state index contributed by atoms with van der Waals surface area (Å²) in [5.74, 6) is 0. The van der Waals surface area contributed by atoms with Gasteiger partial charge in [0.2, 0.25) is 0 Å². The van der Waals surface area contributed by atoms with Crippen LogP contribution >= 0.6 is 0 Å². The van der Waals surface area contributed by atoms with Gasteiger partial charge < -0.3 is 10.4 Å². The van der Waals surface area contributed by atoms with Gasteiger partial charge in [0.05, 0.1) is 30.5 Å². The number of aliphatic hydroxyl groups excluding tert-OH is 1. The Morgan fingerprint density at radius 3 is 2.74 bits per heavy atom. The van der Waals surface area contributed by atoms with E-state index in [1.54, 1.807) is 16.8 Å². The van der Waals surface area contributed by atoms with E-state index in [-0.39, 0.29) is 6.61 Å². The number of benzene rings is 1. The fraction of sp³-hybridized carbons (Fsp3) is 0.308. The van der Waals surface area contributed by atoms with Gasteiger partial charge in [-0.25, -0.2) is 4.68 Å². The summed E-state index contributed by atoms with van der Waals surface area (Å²) in [5.41, 5.74) is 2.61. The van der Waals surface area contributed by atoms with Crippen LogP contribution in [-0.4, -0.2) is 26.7 Å². The molecule has 2 N–H and O–H groups in total. The highest BCUT2D eigenvalue weighted by molar-refractivity contribution is 5.31. The first-order valence-electron chi connectivity index (χ1n) is 6.01. The molecular weight excluding hydrogens is 242 g/mol. The lowest BCUT2D eigenvalue weighted by Crippen LogP contribution is -2.12. The molecular formula is C13H15N5O. The van der Waals surface area contributed by atoms with Gasteiger partial charge in [-0.05, 0) is 17.7 Å². The maximum atomic E-state index is 8.77. The molecule has 0 aliphatic carbocycles. The average molecular weight is 257 g/mol. The quantitative estimate of drug-likeness (QED) is 0.783. The van der Waals surface area contributed by atoms with Crippen LogP contribution in [-0.2, 0) is 19.6 Å². The predicted molar refractivity (Wildman–Crippen MR) is 68.8 cm³/mol. The van der Waals surface area contributed by atoms with Gasteiger partial charge in [0.1, 0.15) is 0 Å². The highest BCUT2D eigenvalue weighted by Crippen LogP contribution is 2.03. The lowest BCUT2D eigenvalue weighted by Gasteiger charge is -2.02. The number of aromatic nitrogens is 3. The third kappa shape index (κ3) is 3.88. The molecule has 1 aromatic heterocycles. The van der Waals surface area contributed by atoms with Crippen LogP contribution in [0, 0.1) is 11.3 Å². The Balaban J connectivity index is 1.80. The van der Waals surface area contributed by atoms with Crippen LogP contribution < -0.4 is 5.32 Å². The fourth-order valence-electron chi connectivity index (χ4n) is 1.66. The molecule has 0 amide bonds. The van der Waals surface area contributed by atoms with Crippen molar-refractivity contribution in [2.75, 3.05) is 6.61 Å². The maximum Gasteiger partial charge on any atom is 0.0991 e. The molecule has 0 radical (unpaired) electrons. The van der Waals surface area contributed by atoms with Crippen molar-refractivity contribution in [2.45, 2.75) is 19.6 Å². The molecule has 1 aromatic carbocycles. The molecule has 0 spiro atoms. The molecule has 0 saturated heterocycles. The average Bonchev–Trinajstić information content (AvgIpc) is 2.88. The van der Waals surface area contributed by atoms with Crippen molar-refractivity contribution in [1.82, 2.24) is 20.3 Å². The SMILES string of the molecule is N#Cc1ccc(CNCc2cn(CCO)nn2)cc1. The molecule has 2 aromatic rings. The maximum absolute atomic E-state index is 8.77. The zero-order chi connectivity index (χ0) is 13.5. The highest BCUT2D eigenvalue weighted by Gasteiger charge is 2.00. The molecule has 6 heteroatoms. The number of nitriles is 1. The highest BCUT2D eigenvalue weighted by atomic mass is 16.3. The van der Waals surface area contributed by atoms with E-state index in [4.69, 9.17) is 10.4 Å². The Morgan fingerprint density at radius 2 is 2.05 bits per heavy atom. The van der Waals surface area contributed by atoms with Crippen molar-refractivity contribution in [3.05, 3.63) is 47.3 Å². The molecule has 0 bridgehead atoms. The lowest BCUT2D eigenvalue weighted by molar-refractivity contribution is 0.268. The number of nitrogens with one attached hydrogen (secondary N) is 1. The summed E-state index contributed by atoms with van der Waals surface area (Å²) in [6.45, 7) is 1.84. The molecule has 0 fully saturated rings. The minimum absolute atomic E-state index is 0.0570. The Bertz CT molecular complexity index is 555. The molecule has 0 saturated carbocycles. The van der Waals surface area contributed by atoms with E-state index in [9.17, 15) is 0 Å².